The number of rotatable bonds is 5. The van der Waals surface area contributed by atoms with Crippen molar-refractivity contribution < 1.29 is 9.53 Å². The van der Waals surface area contributed by atoms with Crippen molar-refractivity contribution in [2.45, 2.75) is 0 Å². The standard InChI is InChI=1S/C15H16N4O3S/c1-19(2)11-6-4-10(5-7-11)9-16-18-15-17-13(20)8-12(23-15)14(21)22-3/h4-9H,1-3H3,(H,17,18,20)/b16-9+. The molecule has 0 aliphatic carbocycles. The zero-order valence-corrected chi connectivity index (χ0v) is 13.8. The molecule has 23 heavy (non-hydrogen) atoms. The summed E-state index contributed by atoms with van der Waals surface area (Å²) in [6.07, 6.45) is 1.60. The van der Waals surface area contributed by atoms with Crippen molar-refractivity contribution in [3.8, 4) is 0 Å². The third kappa shape index (κ3) is 4.62. The predicted octanol–water partition coefficient (Wildman–Crippen LogP) is 1.80. The number of nitrogens with one attached hydrogen (secondary N) is 1. The highest BCUT2D eigenvalue weighted by Gasteiger charge is 2.09. The Morgan fingerprint density at radius 3 is 2.65 bits per heavy atom. The Kier molecular flexibility index (Phi) is 5.42. The number of benzene rings is 1. The second kappa shape index (κ2) is 7.50. The quantitative estimate of drug-likeness (QED) is 0.511. The van der Waals surface area contributed by atoms with E-state index in [0.29, 0.717) is 0 Å². The van der Waals surface area contributed by atoms with Gasteiger partial charge in [0.1, 0.15) is 4.88 Å². The van der Waals surface area contributed by atoms with E-state index in [1.807, 2.05) is 43.3 Å². The van der Waals surface area contributed by atoms with Gasteiger partial charge in [-0.05, 0) is 17.7 Å². The van der Waals surface area contributed by atoms with Crippen LogP contribution in [0.5, 0.6) is 0 Å². The predicted molar refractivity (Wildman–Crippen MR) is 91.7 cm³/mol. The number of carbonyl (C=O) groups is 1. The SMILES string of the molecule is COC(=O)c1cc(=O)nc(N/N=C/c2ccc(N(C)C)cc2)s1. The molecule has 1 N–H and O–H groups in total. The van der Waals surface area contributed by atoms with E-state index in [9.17, 15) is 9.59 Å². The summed E-state index contributed by atoms with van der Waals surface area (Å²) in [5.74, 6) is -0.583. The number of methoxy groups -OCH3 is 1. The molecule has 0 unspecified atom stereocenters. The van der Waals surface area contributed by atoms with Crippen molar-refractivity contribution in [2.75, 3.05) is 31.5 Å². The van der Waals surface area contributed by atoms with Crippen molar-refractivity contribution in [3.63, 3.8) is 0 Å². The molecule has 2 rings (SSSR count). The van der Waals surface area contributed by atoms with Crippen LogP contribution in [-0.4, -0.2) is 38.4 Å². The van der Waals surface area contributed by atoms with Crippen LogP contribution >= 0.6 is 11.3 Å². The fraction of sp³-hybridized carbons (Fsp3) is 0.200. The zero-order chi connectivity index (χ0) is 16.8. The van der Waals surface area contributed by atoms with Crippen LogP contribution < -0.4 is 15.9 Å². The third-order valence-electron chi connectivity index (χ3n) is 2.84. The zero-order valence-electron chi connectivity index (χ0n) is 12.9. The maximum absolute atomic E-state index is 11.5. The molecule has 0 bridgehead atoms. The molecule has 1 aromatic heterocycles. The van der Waals surface area contributed by atoms with Gasteiger partial charge in [-0.25, -0.2) is 4.79 Å². The third-order valence-corrected chi connectivity index (χ3v) is 3.72. The number of carbonyl (C=O) groups excluding carboxylic acids is 1. The van der Waals surface area contributed by atoms with E-state index in [1.54, 1.807) is 6.21 Å². The van der Waals surface area contributed by atoms with E-state index in [1.165, 1.54) is 7.11 Å². The van der Waals surface area contributed by atoms with Gasteiger partial charge in [0.2, 0.25) is 5.13 Å². The van der Waals surface area contributed by atoms with Crippen LogP contribution in [0, 0.1) is 0 Å². The molecule has 0 spiro atoms. The van der Waals surface area contributed by atoms with E-state index in [-0.39, 0.29) is 10.0 Å². The van der Waals surface area contributed by atoms with Crippen LogP contribution in [0.3, 0.4) is 0 Å². The molecule has 1 aromatic carbocycles. The lowest BCUT2D eigenvalue weighted by atomic mass is 10.2. The maximum atomic E-state index is 11.5. The number of anilines is 2. The maximum Gasteiger partial charge on any atom is 0.348 e. The minimum atomic E-state index is -0.583. The van der Waals surface area contributed by atoms with Gasteiger partial charge >= 0.3 is 5.97 Å². The molecule has 0 fully saturated rings. The van der Waals surface area contributed by atoms with E-state index >= 15 is 0 Å². The van der Waals surface area contributed by atoms with Gasteiger partial charge in [0.25, 0.3) is 5.56 Å². The van der Waals surface area contributed by atoms with E-state index < -0.39 is 11.5 Å². The Hall–Kier alpha value is -2.74. The summed E-state index contributed by atoms with van der Waals surface area (Å²) < 4.78 is 4.59. The molecule has 0 atom stereocenters. The van der Waals surface area contributed by atoms with Crippen LogP contribution in [0.15, 0.2) is 40.2 Å². The van der Waals surface area contributed by atoms with Crippen molar-refractivity contribution >= 4 is 34.3 Å². The Morgan fingerprint density at radius 1 is 1.35 bits per heavy atom. The first kappa shape index (κ1) is 16.6. The minimum absolute atomic E-state index is 0.167. The van der Waals surface area contributed by atoms with Crippen molar-refractivity contribution in [2.24, 2.45) is 5.10 Å². The highest BCUT2D eigenvalue weighted by Crippen LogP contribution is 2.15. The average molecular weight is 332 g/mol. The molecule has 8 heteroatoms. The van der Waals surface area contributed by atoms with Crippen molar-refractivity contribution in [1.29, 1.82) is 0 Å². The van der Waals surface area contributed by atoms with E-state index in [2.05, 4.69) is 20.2 Å². The van der Waals surface area contributed by atoms with Gasteiger partial charge in [-0.15, -0.1) is 0 Å². The number of hydrazone groups is 1. The topological polar surface area (TPSA) is 83.9 Å². The molecule has 0 aliphatic rings. The smallest absolute Gasteiger partial charge is 0.348 e. The summed E-state index contributed by atoms with van der Waals surface area (Å²) >= 11 is 0.994. The molecule has 2 aromatic rings. The number of hydrogen-bond donors (Lipinski definition) is 1. The van der Waals surface area contributed by atoms with Gasteiger partial charge in [0.05, 0.1) is 13.3 Å². The molecule has 0 saturated heterocycles. The van der Waals surface area contributed by atoms with Gasteiger partial charge in [-0.3, -0.25) is 10.2 Å². The number of aromatic nitrogens is 1. The fourth-order valence-corrected chi connectivity index (χ4v) is 2.44. The van der Waals surface area contributed by atoms with E-state index in [0.717, 1.165) is 28.7 Å². The Morgan fingerprint density at radius 2 is 2.04 bits per heavy atom. The van der Waals surface area contributed by atoms with Crippen LogP contribution in [0.1, 0.15) is 15.2 Å². The van der Waals surface area contributed by atoms with Gasteiger partial charge in [-0.1, -0.05) is 23.5 Å². The molecule has 1 heterocycles. The monoisotopic (exact) mass is 332 g/mol. The van der Waals surface area contributed by atoms with Crippen LogP contribution in [0.25, 0.3) is 0 Å². The van der Waals surface area contributed by atoms with Crippen molar-refractivity contribution in [1.82, 2.24) is 4.98 Å². The van der Waals surface area contributed by atoms with Gasteiger partial charge in [-0.2, -0.15) is 10.1 Å². The summed E-state index contributed by atoms with van der Waals surface area (Å²) in [5, 5.41) is 4.24. The molecule has 0 radical (unpaired) electrons. The minimum Gasteiger partial charge on any atom is -0.465 e. The number of hydrogen-bond acceptors (Lipinski definition) is 8. The Balaban J connectivity index is 2.09. The van der Waals surface area contributed by atoms with Crippen LogP contribution in [0.2, 0.25) is 0 Å². The van der Waals surface area contributed by atoms with Crippen LogP contribution in [0.4, 0.5) is 10.8 Å². The first-order chi connectivity index (χ1) is 11.0. The van der Waals surface area contributed by atoms with Gasteiger partial charge in [0.15, 0.2) is 0 Å². The number of esters is 1. The lowest BCUT2D eigenvalue weighted by Crippen LogP contribution is -2.10. The molecule has 0 saturated carbocycles. The molecule has 0 aliphatic heterocycles. The molecule has 7 nitrogen and oxygen atoms in total. The molecule has 120 valence electrons. The number of nitrogens with zero attached hydrogens (tertiary/aromatic N) is 3. The summed E-state index contributed by atoms with van der Waals surface area (Å²) in [5.41, 5.74) is 4.09. The Bertz CT molecular complexity index is 769. The number of ether oxygens (including phenoxy) is 1. The second-order valence-electron chi connectivity index (χ2n) is 4.71. The summed E-state index contributed by atoms with van der Waals surface area (Å²) in [4.78, 5) is 28.8. The summed E-state index contributed by atoms with van der Waals surface area (Å²) in [6, 6.07) is 8.90. The lowest BCUT2D eigenvalue weighted by Gasteiger charge is -2.11. The average Bonchev–Trinajstić information content (AvgIpc) is 2.54. The summed E-state index contributed by atoms with van der Waals surface area (Å²) in [6.45, 7) is 0. The first-order valence-corrected chi connectivity index (χ1v) is 7.48. The Labute approximate surface area is 137 Å². The van der Waals surface area contributed by atoms with E-state index in [4.69, 9.17) is 0 Å². The normalized spacial score (nSPS) is 10.6. The summed E-state index contributed by atoms with van der Waals surface area (Å²) in [7, 11) is 5.18. The largest absolute Gasteiger partial charge is 0.465 e. The van der Waals surface area contributed by atoms with Gasteiger partial charge in [0, 0.05) is 25.8 Å². The molecular weight excluding hydrogens is 316 g/mol. The first-order valence-electron chi connectivity index (χ1n) is 6.66. The lowest BCUT2D eigenvalue weighted by molar-refractivity contribution is 0.0606. The highest BCUT2D eigenvalue weighted by molar-refractivity contribution is 7.17. The second-order valence-corrected chi connectivity index (χ2v) is 5.74. The highest BCUT2D eigenvalue weighted by atomic mass is 32.1. The molecular formula is C15H16N4O3S. The van der Waals surface area contributed by atoms with Gasteiger partial charge < -0.3 is 9.64 Å². The van der Waals surface area contributed by atoms with Crippen LogP contribution in [-0.2, 0) is 4.74 Å². The van der Waals surface area contributed by atoms with Crippen molar-refractivity contribution in [3.05, 3.63) is 51.1 Å². The fourth-order valence-electron chi connectivity index (χ4n) is 1.67. The molecule has 0 amide bonds.